The van der Waals surface area contributed by atoms with Crippen molar-refractivity contribution in [2.45, 2.75) is 6.92 Å². The standard InChI is InChI=1S/C16H15FN2O/c1-11-5-7-14(17)15(9-11)19-16(20)8-6-12-3-2-4-13(18)10-12/h2-10H,18H2,1H3,(H,19,20)/b8-6+. The van der Waals surface area contributed by atoms with E-state index < -0.39 is 11.7 Å². The zero-order valence-corrected chi connectivity index (χ0v) is 11.1. The number of nitrogens with one attached hydrogen (secondary N) is 1. The average molecular weight is 270 g/mol. The predicted molar refractivity (Wildman–Crippen MR) is 79.7 cm³/mol. The lowest BCUT2D eigenvalue weighted by atomic mass is 10.2. The first kappa shape index (κ1) is 13.8. The summed E-state index contributed by atoms with van der Waals surface area (Å²) < 4.78 is 13.5. The first-order valence-corrected chi connectivity index (χ1v) is 6.15. The van der Waals surface area contributed by atoms with Crippen molar-refractivity contribution in [3.63, 3.8) is 0 Å². The average Bonchev–Trinajstić information content (AvgIpc) is 2.41. The predicted octanol–water partition coefficient (Wildman–Crippen LogP) is 3.37. The summed E-state index contributed by atoms with van der Waals surface area (Å²) in [5.41, 5.74) is 8.12. The van der Waals surface area contributed by atoms with Crippen LogP contribution in [0.5, 0.6) is 0 Å². The molecular formula is C16H15FN2O. The molecule has 0 aliphatic carbocycles. The topological polar surface area (TPSA) is 55.1 Å². The van der Waals surface area contributed by atoms with Crippen molar-refractivity contribution in [2.24, 2.45) is 0 Å². The number of benzene rings is 2. The lowest BCUT2D eigenvalue weighted by Crippen LogP contribution is -2.09. The van der Waals surface area contributed by atoms with Crippen LogP contribution in [0.15, 0.2) is 48.5 Å². The fraction of sp³-hybridized carbons (Fsp3) is 0.0625. The molecule has 1 amide bonds. The van der Waals surface area contributed by atoms with Gasteiger partial charge in [-0.05, 0) is 48.4 Å². The number of hydrogen-bond acceptors (Lipinski definition) is 2. The van der Waals surface area contributed by atoms with Crippen LogP contribution in [0.1, 0.15) is 11.1 Å². The molecular weight excluding hydrogens is 255 g/mol. The van der Waals surface area contributed by atoms with Crippen molar-refractivity contribution in [3.8, 4) is 0 Å². The monoisotopic (exact) mass is 270 g/mol. The molecule has 20 heavy (non-hydrogen) atoms. The van der Waals surface area contributed by atoms with E-state index in [-0.39, 0.29) is 5.69 Å². The van der Waals surface area contributed by atoms with Gasteiger partial charge in [-0.25, -0.2) is 4.39 Å². The molecule has 0 aliphatic rings. The molecule has 0 bridgehead atoms. The van der Waals surface area contributed by atoms with Gasteiger partial charge in [0, 0.05) is 11.8 Å². The van der Waals surface area contributed by atoms with Crippen LogP contribution in [0, 0.1) is 12.7 Å². The van der Waals surface area contributed by atoms with Crippen LogP contribution >= 0.6 is 0 Å². The second-order valence-corrected chi connectivity index (χ2v) is 4.48. The summed E-state index contributed by atoms with van der Waals surface area (Å²) in [6, 6.07) is 11.7. The second-order valence-electron chi connectivity index (χ2n) is 4.48. The minimum Gasteiger partial charge on any atom is -0.399 e. The Kier molecular flexibility index (Phi) is 4.15. The minimum absolute atomic E-state index is 0.173. The first-order valence-electron chi connectivity index (χ1n) is 6.15. The van der Waals surface area contributed by atoms with E-state index in [1.54, 1.807) is 36.4 Å². The molecule has 3 nitrogen and oxygen atoms in total. The number of carbonyl (C=O) groups is 1. The van der Waals surface area contributed by atoms with Gasteiger partial charge in [-0.1, -0.05) is 18.2 Å². The molecule has 0 aromatic heterocycles. The van der Waals surface area contributed by atoms with Crippen molar-refractivity contribution in [2.75, 3.05) is 11.1 Å². The van der Waals surface area contributed by atoms with Crippen LogP contribution in [0.25, 0.3) is 6.08 Å². The van der Waals surface area contributed by atoms with Gasteiger partial charge < -0.3 is 11.1 Å². The molecule has 0 atom stereocenters. The Morgan fingerprint density at radius 3 is 2.80 bits per heavy atom. The molecule has 0 saturated carbocycles. The smallest absolute Gasteiger partial charge is 0.248 e. The number of halogens is 1. The third-order valence-corrected chi connectivity index (χ3v) is 2.72. The van der Waals surface area contributed by atoms with E-state index in [1.807, 2.05) is 13.0 Å². The highest BCUT2D eigenvalue weighted by Gasteiger charge is 2.04. The molecule has 102 valence electrons. The van der Waals surface area contributed by atoms with Crippen molar-refractivity contribution < 1.29 is 9.18 Å². The number of rotatable bonds is 3. The maximum Gasteiger partial charge on any atom is 0.248 e. The summed E-state index contributed by atoms with van der Waals surface area (Å²) >= 11 is 0. The van der Waals surface area contributed by atoms with Gasteiger partial charge in [0.25, 0.3) is 0 Å². The Hall–Kier alpha value is -2.62. The molecule has 2 aromatic rings. The van der Waals surface area contributed by atoms with Crippen LogP contribution in [0.4, 0.5) is 15.8 Å². The van der Waals surface area contributed by atoms with Gasteiger partial charge in [-0.2, -0.15) is 0 Å². The maximum atomic E-state index is 13.5. The Bertz CT molecular complexity index is 665. The second kappa shape index (κ2) is 6.02. The molecule has 0 unspecified atom stereocenters. The van der Waals surface area contributed by atoms with E-state index in [9.17, 15) is 9.18 Å². The molecule has 0 spiro atoms. The lowest BCUT2D eigenvalue weighted by Gasteiger charge is -2.04. The molecule has 2 rings (SSSR count). The van der Waals surface area contributed by atoms with E-state index in [2.05, 4.69) is 5.32 Å². The van der Waals surface area contributed by atoms with Gasteiger partial charge in [0.2, 0.25) is 5.91 Å². The molecule has 3 N–H and O–H groups in total. The highest BCUT2D eigenvalue weighted by atomic mass is 19.1. The van der Waals surface area contributed by atoms with Crippen LogP contribution in [-0.4, -0.2) is 5.91 Å². The summed E-state index contributed by atoms with van der Waals surface area (Å²) in [6.45, 7) is 1.83. The molecule has 4 heteroatoms. The largest absolute Gasteiger partial charge is 0.399 e. The molecule has 2 aromatic carbocycles. The number of nitrogen functional groups attached to an aromatic ring is 1. The van der Waals surface area contributed by atoms with Gasteiger partial charge >= 0.3 is 0 Å². The van der Waals surface area contributed by atoms with Crippen LogP contribution in [0.2, 0.25) is 0 Å². The zero-order valence-electron chi connectivity index (χ0n) is 11.1. The molecule has 0 heterocycles. The molecule has 0 fully saturated rings. The van der Waals surface area contributed by atoms with Gasteiger partial charge in [0.15, 0.2) is 0 Å². The number of amides is 1. The van der Waals surface area contributed by atoms with Gasteiger partial charge in [-0.3, -0.25) is 4.79 Å². The summed E-state index contributed by atoms with van der Waals surface area (Å²) in [5.74, 6) is -0.849. The van der Waals surface area contributed by atoms with Crippen molar-refractivity contribution in [1.82, 2.24) is 0 Å². The highest BCUT2D eigenvalue weighted by Crippen LogP contribution is 2.15. The Labute approximate surface area is 116 Å². The normalized spacial score (nSPS) is 10.7. The number of nitrogens with two attached hydrogens (primary N) is 1. The summed E-state index contributed by atoms with van der Waals surface area (Å²) in [5, 5.41) is 2.50. The fourth-order valence-electron chi connectivity index (χ4n) is 1.74. The van der Waals surface area contributed by atoms with Gasteiger partial charge in [0.05, 0.1) is 5.69 Å². The fourth-order valence-corrected chi connectivity index (χ4v) is 1.74. The Balaban J connectivity index is 2.07. The third kappa shape index (κ3) is 3.68. The third-order valence-electron chi connectivity index (χ3n) is 2.72. The van der Waals surface area contributed by atoms with E-state index in [4.69, 9.17) is 5.73 Å². The van der Waals surface area contributed by atoms with Crippen LogP contribution in [0.3, 0.4) is 0 Å². The summed E-state index contributed by atoms with van der Waals surface area (Å²) in [7, 11) is 0. The maximum absolute atomic E-state index is 13.5. The van der Waals surface area contributed by atoms with Crippen molar-refractivity contribution in [1.29, 1.82) is 0 Å². The Morgan fingerprint density at radius 2 is 2.05 bits per heavy atom. The molecule has 0 aliphatic heterocycles. The van der Waals surface area contributed by atoms with Crippen molar-refractivity contribution in [3.05, 3.63) is 65.5 Å². The highest BCUT2D eigenvalue weighted by molar-refractivity contribution is 6.02. The van der Waals surface area contributed by atoms with Crippen molar-refractivity contribution >= 4 is 23.4 Å². The SMILES string of the molecule is Cc1ccc(F)c(NC(=O)/C=C/c2cccc(N)c2)c1. The number of hydrogen-bond donors (Lipinski definition) is 2. The first-order chi connectivity index (χ1) is 9.54. The lowest BCUT2D eigenvalue weighted by molar-refractivity contribution is -0.111. The minimum atomic E-state index is -0.457. The number of aryl methyl sites for hydroxylation is 1. The van der Waals surface area contributed by atoms with Gasteiger partial charge in [-0.15, -0.1) is 0 Å². The van der Waals surface area contributed by atoms with Crippen LogP contribution < -0.4 is 11.1 Å². The summed E-state index contributed by atoms with van der Waals surface area (Å²) in [4.78, 5) is 11.7. The zero-order chi connectivity index (χ0) is 14.5. The van der Waals surface area contributed by atoms with Crippen LogP contribution in [-0.2, 0) is 4.79 Å². The van der Waals surface area contributed by atoms with E-state index in [1.165, 1.54) is 12.1 Å². The molecule has 0 saturated heterocycles. The molecule has 0 radical (unpaired) electrons. The number of anilines is 2. The van der Waals surface area contributed by atoms with E-state index in [0.717, 1.165) is 11.1 Å². The number of carbonyl (C=O) groups excluding carboxylic acids is 1. The Morgan fingerprint density at radius 1 is 1.25 bits per heavy atom. The van der Waals surface area contributed by atoms with E-state index >= 15 is 0 Å². The van der Waals surface area contributed by atoms with E-state index in [0.29, 0.717) is 5.69 Å². The quantitative estimate of drug-likeness (QED) is 0.663. The van der Waals surface area contributed by atoms with Gasteiger partial charge in [0.1, 0.15) is 5.82 Å². The summed E-state index contributed by atoms with van der Waals surface area (Å²) in [6.07, 6.45) is 2.97.